The average Bonchev–Trinajstić information content (AvgIpc) is 3.75. The van der Waals surface area contributed by atoms with Gasteiger partial charge in [0.2, 0.25) is 0 Å². The zero-order valence-corrected chi connectivity index (χ0v) is 42.8. The lowest BCUT2D eigenvalue weighted by Crippen LogP contribution is -2.76. The molecule has 0 aromatic heterocycles. The van der Waals surface area contributed by atoms with Crippen LogP contribution in [0.25, 0.3) is 0 Å². The standard InChI is InChI=1S/C41H44N4O26S3/c1-17(46)60-38(42,27-11-13-28(14-12-27)43-37-72-15-16-73-37)35(58)45(69-25(9)54)30-32(56)44-29(34(57)71-70-26(10)55)31(41(66-23(7)52,67-24(8)53)74-33(30)44)39(61-18(2)47,62-19(3)48)68-36(59)40(63-20(4)49,64-21(5)50)65-22(6)51/h11-13,30,33,37H,14-16,42H2,1-10H3/t30-,33-,38?/m1/s1. The molecule has 2 saturated heterocycles. The van der Waals surface area contributed by atoms with Crippen LogP contribution in [0.4, 0.5) is 0 Å². The molecule has 0 bridgehead atoms. The van der Waals surface area contributed by atoms with E-state index in [1.807, 2.05) is 0 Å². The first-order valence-electron chi connectivity index (χ1n) is 20.8. The van der Waals surface area contributed by atoms with Crippen LogP contribution in [0.15, 0.2) is 40.1 Å². The van der Waals surface area contributed by atoms with Crippen molar-refractivity contribution in [1.29, 1.82) is 0 Å². The van der Waals surface area contributed by atoms with E-state index in [4.69, 9.17) is 53.2 Å². The fourth-order valence-electron chi connectivity index (χ4n) is 6.70. The molecule has 2 amide bonds. The second kappa shape index (κ2) is 23.6. The largest absolute Gasteiger partial charge is 0.530 e. The summed E-state index contributed by atoms with van der Waals surface area (Å²) in [5, 5.41) is -6.03. The molecular formula is C41H44N4O26S3. The molecule has 0 spiro atoms. The van der Waals surface area contributed by atoms with Gasteiger partial charge in [-0.1, -0.05) is 12.2 Å². The number of carbonyl (C=O) groups excluding carboxylic acids is 14. The molecule has 0 aromatic carbocycles. The molecule has 1 aliphatic carbocycles. The molecule has 0 saturated carbocycles. The maximum Gasteiger partial charge on any atom is 0.530 e. The van der Waals surface area contributed by atoms with Crippen LogP contribution in [-0.4, -0.2) is 150 Å². The highest BCUT2D eigenvalue weighted by atomic mass is 32.2. The molecule has 2 fully saturated rings. The second-order valence-electron chi connectivity index (χ2n) is 15.0. The number of aliphatic imine (C=N–C) groups is 1. The summed E-state index contributed by atoms with van der Waals surface area (Å²) in [6.45, 7) is 6.11. The highest BCUT2D eigenvalue weighted by Gasteiger charge is 2.75. The van der Waals surface area contributed by atoms with E-state index in [9.17, 15) is 67.1 Å². The van der Waals surface area contributed by atoms with Crippen LogP contribution >= 0.6 is 35.3 Å². The number of hydrogen-bond donors (Lipinski definition) is 1. The summed E-state index contributed by atoms with van der Waals surface area (Å²) in [7, 11) is 0. The molecule has 0 radical (unpaired) electrons. The van der Waals surface area contributed by atoms with Crippen molar-refractivity contribution in [1.82, 2.24) is 9.96 Å². The van der Waals surface area contributed by atoms with Crippen LogP contribution in [0, 0.1) is 0 Å². The minimum Gasteiger partial charge on any atom is -0.430 e. The van der Waals surface area contributed by atoms with E-state index >= 15 is 0 Å². The maximum absolute atomic E-state index is 14.9. The fraction of sp³-hybridized carbons (Fsp3) is 0.488. The Bertz CT molecular complexity index is 2510. The van der Waals surface area contributed by atoms with E-state index in [1.54, 1.807) is 23.5 Å². The average molecular weight is 1110 g/mol. The summed E-state index contributed by atoms with van der Waals surface area (Å²) >= 11 is 2.92. The third-order valence-corrected chi connectivity index (χ3v) is 13.0. The summed E-state index contributed by atoms with van der Waals surface area (Å²) in [6.07, 6.45) is 4.00. The zero-order valence-electron chi connectivity index (χ0n) is 40.3. The van der Waals surface area contributed by atoms with E-state index in [0.29, 0.717) is 61.1 Å². The van der Waals surface area contributed by atoms with Crippen molar-refractivity contribution < 1.29 is 124 Å². The first-order chi connectivity index (χ1) is 34.3. The minimum absolute atomic E-state index is 0.00542. The number of amides is 2. The number of carbonyl (C=O) groups is 14. The molecule has 30 nitrogen and oxygen atoms in total. The van der Waals surface area contributed by atoms with Crippen LogP contribution in [0.3, 0.4) is 0 Å². The number of allylic oxidation sites excluding steroid dienone is 2. The second-order valence-corrected chi connectivity index (χ2v) is 18.9. The summed E-state index contributed by atoms with van der Waals surface area (Å²) < 4.78 is 46.1. The third-order valence-electron chi connectivity index (χ3n) is 8.83. The van der Waals surface area contributed by atoms with Gasteiger partial charge in [0.05, 0.1) is 0 Å². The zero-order chi connectivity index (χ0) is 55.8. The van der Waals surface area contributed by atoms with Crippen molar-refractivity contribution >= 4 is 124 Å². The summed E-state index contributed by atoms with van der Waals surface area (Å²) in [6, 6.07) is -2.43. The van der Waals surface area contributed by atoms with Crippen molar-refractivity contribution in [3.63, 3.8) is 0 Å². The number of rotatable bonds is 16. The van der Waals surface area contributed by atoms with E-state index in [1.165, 1.54) is 18.2 Å². The van der Waals surface area contributed by atoms with Crippen molar-refractivity contribution in [3.8, 4) is 0 Å². The van der Waals surface area contributed by atoms with Gasteiger partial charge in [-0.05, 0) is 17.8 Å². The smallest absolute Gasteiger partial charge is 0.430 e. The van der Waals surface area contributed by atoms with Gasteiger partial charge < -0.3 is 47.5 Å². The van der Waals surface area contributed by atoms with Gasteiger partial charge in [0.15, 0.2) is 17.3 Å². The summed E-state index contributed by atoms with van der Waals surface area (Å²) in [4.78, 5) is 206. The molecule has 4 aliphatic rings. The first kappa shape index (κ1) is 59.0. The van der Waals surface area contributed by atoms with Gasteiger partial charge in [-0.3, -0.25) is 68.4 Å². The van der Waals surface area contributed by atoms with Crippen molar-refractivity contribution in [2.24, 2.45) is 10.7 Å². The van der Waals surface area contributed by atoms with Gasteiger partial charge in [-0.2, -0.15) is 5.06 Å². The molecule has 1 unspecified atom stereocenters. The molecular weight excluding hydrogens is 1060 g/mol. The number of hydrogen-bond acceptors (Lipinski definition) is 31. The molecule has 74 heavy (non-hydrogen) atoms. The fourth-order valence-corrected chi connectivity index (χ4v) is 10.9. The number of hydroxylamine groups is 2. The van der Waals surface area contributed by atoms with E-state index in [2.05, 4.69) is 14.8 Å². The molecule has 2 N–H and O–H groups in total. The van der Waals surface area contributed by atoms with Crippen LogP contribution in [0.2, 0.25) is 0 Å². The van der Waals surface area contributed by atoms with E-state index in [0.717, 1.165) is 25.4 Å². The Morgan fingerprint density at radius 3 is 1.57 bits per heavy atom. The number of β-lactam (4-membered cyclic amide) rings is 1. The molecule has 0 aromatic rings. The van der Waals surface area contributed by atoms with Gasteiger partial charge in [0.25, 0.3) is 11.6 Å². The third kappa shape index (κ3) is 13.5. The van der Waals surface area contributed by atoms with Crippen molar-refractivity contribution in [2.45, 2.75) is 115 Å². The topological polar surface area (TPSA) is 395 Å². The monoisotopic (exact) mass is 1100 g/mol. The highest BCUT2D eigenvalue weighted by Crippen LogP contribution is 2.57. The number of nitrogens with zero attached hydrogens (tertiary/aromatic N) is 3. The number of nitrogens with two attached hydrogens (primary N) is 1. The minimum atomic E-state index is -4.40. The van der Waals surface area contributed by atoms with Crippen LogP contribution in [0.5, 0.6) is 0 Å². The maximum atomic E-state index is 14.9. The lowest BCUT2D eigenvalue weighted by molar-refractivity contribution is -0.360. The molecule has 3 atom stereocenters. The van der Waals surface area contributed by atoms with Crippen molar-refractivity contribution in [3.05, 3.63) is 35.1 Å². The normalized spacial score (nSPS) is 19.3. The summed E-state index contributed by atoms with van der Waals surface area (Å²) in [5.41, 5.74) is 0.216. The van der Waals surface area contributed by atoms with E-state index < -0.39 is 129 Å². The van der Waals surface area contributed by atoms with Crippen LogP contribution in [-0.2, 0) is 124 Å². The Hall–Kier alpha value is -7.52. The lowest BCUT2D eigenvalue weighted by Gasteiger charge is -2.55. The summed E-state index contributed by atoms with van der Waals surface area (Å²) in [5.74, 6) is -30.5. The Morgan fingerprint density at radius 1 is 0.649 bits per heavy atom. The SMILES string of the molecule is CC(=O)OOC(=O)C1=C(C(OC(C)=O)(OC(C)=O)OC(=O)C(OC(C)=O)(OC(C)=O)OC(C)=O)C(OC(C)=O)(OC(C)=O)S[C@@H]2[C@H](N(OC(C)=O)C(=O)C(N)(OC(C)=O)C3=CCC(=NC4SCCS4)C=C3)C(=O)N12. The molecule has 33 heteroatoms. The predicted molar refractivity (Wildman–Crippen MR) is 239 cm³/mol. The number of fused-ring (bicyclic) bond motifs is 1. The Kier molecular flexibility index (Phi) is 18.8. The number of thioether (sulfide) groups is 3. The van der Waals surface area contributed by atoms with Gasteiger partial charge >= 0.3 is 94.6 Å². The van der Waals surface area contributed by atoms with Gasteiger partial charge in [0.1, 0.15) is 10.1 Å². The Morgan fingerprint density at radius 2 is 1.15 bits per heavy atom. The quantitative estimate of drug-likeness (QED) is 0.0513. The van der Waals surface area contributed by atoms with Crippen LogP contribution in [0.1, 0.15) is 75.7 Å². The lowest BCUT2D eigenvalue weighted by atomic mass is 9.94. The molecule has 3 aliphatic heterocycles. The first-order valence-corrected chi connectivity index (χ1v) is 23.8. The molecule has 402 valence electrons. The van der Waals surface area contributed by atoms with Crippen LogP contribution < -0.4 is 5.73 Å². The predicted octanol–water partition coefficient (Wildman–Crippen LogP) is -0.392. The molecule has 4 rings (SSSR count). The Labute approximate surface area is 429 Å². The van der Waals surface area contributed by atoms with Crippen molar-refractivity contribution in [2.75, 3.05) is 11.5 Å². The van der Waals surface area contributed by atoms with E-state index in [-0.39, 0.29) is 38.4 Å². The van der Waals surface area contributed by atoms with Gasteiger partial charge in [-0.15, -0.1) is 23.5 Å². The van der Waals surface area contributed by atoms with Gasteiger partial charge in [-0.25, -0.2) is 24.2 Å². The highest BCUT2D eigenvalue weighted by molar-refractivity contribution is 8.20. The number of ether oxygens (including phenoxy) is 9. The Balaban J connectivity index is 2.15. The molecule has 3 heterocycles. The number of esters is 9. The van der Waals surface area contributed by atoms with Gasteiger partial charge in [0, 0.05) is 98.4 Å².